The average molecular weight is 459 g/mol. The second-order valence-corrected chi connectivity index (χ2v) is 6.72. The van der Waals surface area contributed by atoms with Crippen LogP contribution in [0.1, 0.15) is 26.4 Å². The molecule has 3 rings (SSSR count). The second kappa shape index (κ2) is 8.57. The first-order valence-corrected chi connectivity index (χ1v) is 8.99. The number of phenols is 2. The molecule has 0 aliphatic rings. The number of nitrogens with one attached hydrogen (secondary N) is 1. The molecule has 1 heterocycles. The molecule has 3 aromatic rings. The highest BCUT2D eigenvalue weighted by Crippen LogP contribution is 2.22. The van der Waals surface area contributed by atoms with Crippen molar-refractivity contribution in [3.8, 4) is 17.2 Å². The highest BCUT2D eigenvalue weighted by atomic mass is 79.9. The average Bonchev–Trinajstić information content (AvgIpc) is 3.00. The molecule has 0 fully saturated rings. The molecule has 2 aromatic carbocycles. The molecule has 0 unspecified atom stereocenters. The predicted octanol–water partition coefficient (Wildman–Crippen LogP) is 2.58. The van der Waals surface area contributed by atoms with Gasteiger partial charge in [-0.15, -0.1) is 0 Å². The molecule has 29 heavy (non-hydrogen) atoms. The fraction of sp³-hybridized carbons (Fsp3) is 0.0526. The van der Waals surface area contributed by atoms with Gasteiger partial charge in [0.1, 0.15) is 17.2 Å². The van der Waals surface area contributed by atoms with E-state index in [1.807, 2.05) is 0 Å². The maximum Gasteiger partial charge on any atom is 0.365 e. The zero-order chi connectivity index (χ0) is 21.0. The lowest BCUT2D eigenvalue weighted by Crippen LogP contribution is -2.17. The van der Waals surface area contributed by atoms with E-state index in [0.717, 1.165) is 6.07 Å². The molecule has 1 amide bonds. The van der Waals surface area contributed by atoms with Crippen LogP contribution in [0.3, 0.4) is 0 Å². The lowest BCUT2D eigenvalue weighted by Gasteiger charge is -2.04. The van der Waals surface area contributed by atoms with Crippen molar-refractivity contribution in [1.29, 1.82) is 0 Å². The standard InChI is InChI=1S/C19H15BrN4O5/c1-24-10-15(20)17(23-24)19(28)29-13-4-2-3-11(7-13)9-21-22-18(27)14-6-5-12(25)8-16(14)26/h2-10,25-26H,1H3,(H,22,27)/b21-9-. The molecule has 0 aliphatic carbocycles. The van der Waals surface area contributed by atoms with Crippen molar-refractivity contribution in [2.45, 2.75) is 0 Å². The number of rotatable bonds is 5. The number of hydrogen-bond acceptors (Lipinski definition) is 7. The summed E-state index contributed by atoms with van der Waals surface area (Å²) in [5.74, 6) is -1.53. The number of halogens is 1. The van der Waals surface area contributed by atoms with Crippen LogP contribution in [0.4, 0.5) is 0 Å². The number of phenolic OH excluding ortho intramolecular Hbond substituents is 2. The van der Waals surface area contributed by atoms with Crippen LogP contribution in [0, 0.1) is 0 Å². The predicted molar refractivity (Wildman–Crippen MR) is 107 cm³/mol. The molecular formula is C19H15BrN4O5. The molecule has 0 radical (unpaired) electrons. The van der Waals surface area contributed by atoms with Gasteiger partial charge in [-0.2, -0.15) is 10.2 Å². The molecule has 0 atom stereocenters. The van der Waals surface area contributed by atoms with Gasteiger partial charge in [-0.05, 0) is 45.8 Å². The molecule has 0 saturated heterocycles. The quantitative estimate of drug-likeness (QED) is 0.233. The van der Waals surface area contributed by atoms with Crippen LogP contribution in [0.25, 0.3) is 0 Å². The summed E-state index contributed by atoms with van der Waals surface area (Å²) in [6.07, 6.45) is 2.98. The summed E-state index contributed by atoms with van der Waals surface area (Å²) in [5.41, 5.74) is 2.93. The monoisotopic (exact) mass is 458 g/mol. The second-order valence-electron chi connectivity index (χ2n) is 5.86. The number of benzene rings is 2. The van der Waals surface area contributed by atoms with Crippen molar-refractivity contribution in [2.24, 2.45) is 12.1 Å². The Morgan fingerprint density at radius 1 is 1.24 bits per heavy atom. The first kappa shape index (κ1) is 20.1. The molecule has 3 N–H and O–H groups in total. The van der Waals surface area contributed by atoms with Crippen molar-refractivity contribution in [3.05, 3.63) is 70.0 Å². The Labute approximate surface area is 173 Å². The third-order valence-electron chi connectivity index (χ3n) is 3.65. The molecule has 1 aromatic heterocycles. The zero-order valence-electron chi connectivity index (χ0n) is 15.0. The van der Waals surface area contributed by atoms with Gasteiger partial charge in [0.15, 0.2) is 5.69 Å². The molecule has 148 valence electrons. The fourth-order valence-corrected chi connectivity index (χ4v) is 2.89. The van der Waals surface area contributed by atoms with E-state index >= 15 is 0 Å². The van der Waals surface area contributed by atoms with Crippen LogP contribution in [0.5, 0.6) is 17.2 Å². The molecule has 10 heteroatoms. The maximum absolute atomic E-state index is 12.2. The summed E-state index contributed by atoms with van der Waals surface area (Å²) in [7, 11) is 1.69. The maximum atomic E-state index is 12.2. The van der Waals surface area contributed by atoms with Gasteiger partial charge in [0.05, 0.1) is 16.3 Å². The van der Waals surface area contributed by atoms with Crippen molar-refractivity contribution in [2.75, 3.05) is 0 Å². The topological polar surface area (TPSA) is 126 Å². The fourth-order valence-electron chi connectivity index (χ4n) is 2.35. The van der Waals surface area contributed by atoms with Crippen LogP contribution in [-0.2, 0) is 7.05 Å². The largest absolute Gasteiger partial charge is 0.508 e. The van der Waals surface area contributed by atoms with Crippen LogP contribution >= 0.6 is 15.9 Å². The van der Waals surface area contributed by atoms with E-state index in [0.29, 0.717) is 10.0 Å². The number of carbonyl (C=O) groups is 2. The first-order chi connectivity index (χ1) is 13.8. The van der Waals surface area contributed by atoms with Gasteiger partial charge in [0.2, 0.25) is 0 Å². The Kier molecular flexibility index (Phi) is 5.93. The normalized spacial score (nSPS) is 10.8. The number of aromatic nitrogens is 2. The van der Waals surface area contributed by atoms with Crippen LogP contribution < -0.4 is 10.2 Å². The van der Waals surface area contributed by atoms with Gasteiger partial charge in [-0.3, -0.25) is 9.48 Å². The first-order valence-electron chi connectivity index (χ1n) is 8.20. The minimum Gasteiger partial charge on any atom is -0.508 e. The summed E-state index contributed by atoms with van der Waals surface area (Å²) >= 11 is 3.24. The summed E-state index contributed by atoms with van der Waals surface area (Å²) < 4.78 is 7.31. The van der Waals surface area contributed by atoms with Crippen molar-refractivity contribution >= 4 is 34.0 Å². The number of hydrazone groups is 1. The highest BCUT2D eigenvalue weighted by Gasteiger charge is 2.17. The van der Waals surface area contributed by atoms with Gasteiger partial charge >= 0.3 is 5.97 Å². The van der Waals surface area contributed by atoms with E-state index in [1.54, 1.807) is 37.5 Å². The molecule has 0 aliphatic heterocycles. The van der Waals surface area contributed by atoms with E-state index in [1.165, 1.54) is 23.0 Å². The van der Waals surface area contributed by atoms with Crippen LogP contribution in [0.15, 0.2) is 58.2 Å². The third kappa shape index (κ3) is 4.99. The Hall–Kier alpha value is -3.66. The molecule has 0 bridgehead atoms. The number of ether oxygens (including phenoxy) is 1. The number of carbonyl (C=O) groups excluding carboxylic acids is 2. The van der Waals surface area contributed by atoms with Gasteiger partial charge in [-0.1, -0.05) is 12.1 Å². The Balaban J connectivity index is 1.65. The van der Waals surface area contributed by atoms with Crippen molar-refractivity contribution in [3.63, 3.8) is 0 Å². The van der Waals surface area contributed by atoms with Crippen LogP contribution in [-0.4, -0.2) is 38.1 Å². The Bertz CT molecular complexity index is 1110. The van der Waals surface area contributed by atoms with Crippen LogP contribution in [0.2, 0.25) is 0 Å². The molecule has 0 saturated carbocycles. The number of aromatic hydroxyl groups is 2. The van der Waals surface area contributed by atoms with E-state index in [4.69, 9.17) is 4.74 Å². The van der Waals surface area contributed by atoms with E-state index in [9.17, 15) is 19.8 Å². The zero-order valence-corrected chi connectivity index (χ0v) is 16.6. The summed E-state index contributed by atoms with van der Waals surface area (Å²) in [6.45, 7) is 0. The van der Waals surface area contributed by atoms with E-state index in [-0.39, 0.29) is 28.5 Å². The smallest absolute Gasteiger partial charge is 0.365 e. The number of aryl methyl sites for hydroxylation is 1. The lowest BCUT2D eigenvalue weighted by molar-refractivity contribution is 0.0726. The molecular weight excluding hydrogens is 444 g/mol. The van der Waals surface area contributed by atoms with E-state index in [2.05, 4.69) is 31.6 Å². The highest BCUT2D eigenvalue weighted by molar-refractivity contribution is 9.10. The number of esters is 1. The summed E-state index contributed by atoms with van der Waals surface area (Å²) in [4.78, 5) is 24.2. The third-order valence-corrected chi connectivity index (χ3v) is 4.23. The SMILES string of the molecule is Cn1cc(Br)c(C(=O)Oc2cccc(/C=N\NC(=O)c3ccc(O)cc3O)c2)n1. The minimum absolute atomic E-state index is 0.0384. The minimum atomic E-state index is -0.652. The summed E-state index contributed by atoms with van der Waals surface area (Å²) in [5, 5.41) is 26.8. The molecule has 0 spiro atoms. The van der Waals surface area contributed by atoms with Gasteiger partial charge in [0, 0.05) is 19.3 Å². The molecule has 9 nitrogen and oxygen atoms in total. The van der Waals surface area contributed by atoms with Gasteiger partial charge in [0.25, 0.3) is 5.91 Å². The van der Waals surface area contributed by atoms with Crippen molar-refractivity contribution in [1.82, 2.24) is 15.2 Å². The number of hydrogen-bond donors (Lipinski definition) is 3. The van der Waals surface area contributed by atoms with Crippen molar-refractivity contribution < 1.29 is 24.5 Å². The summed E-state index contributed by atoms with van der Waals surface area (Å²) in [6, 6.07) is 10.1. The Morgan fingerprint density at radius 2 is 2.03 bits per heavy atom. The van der Waals surface area contributed by atoms with E-state index < -0.39 is 11.9 Å². The van der Waals surface area contributed by atoms with Gasteiger partial charge in [-0.25, -0.2) is 10.2 Å². The van der Waals surface area contributed by atoms with Gasteiger partial charge < -0.3 is 14.9 Å². The number of nitrogens with zero attached hydrogens (tertiary/aromatic N) is 3. The number of amides is 1. The lowest BCUT2D eigenvalue weighted by atomic mass is 10.2. The Morgan fingerprint density at radius 3 is 2.72 bits per heavy atom.